The number of carbonyl (C=O) groups excluding carboxylic acids is 2. The van der Waals surface area contributed by atoms with Crippen LogP contribution in [-0.2, 0) is 14.3 Å². The molecule has 0 radical (unpaired) electrons. The van der Waals surface area contributed by atoms with Crippen molar-refractivity contribution in [1.82, 2.24) is 4.90 Å². The van der Waals surface area contributed by atoms with E-state index in [1.54, 1.807) is 36.1 Å². The van der Waals surface area contributed by atoms with E-state index < -0.39 is 0 Å². The van der Waals surface area contributed by atoms with Crippen LogP contribution in [0.15, 0.2) is 24.3 Å². The number of rotatable bonds is 8. The topological polar surface area (TPSA) is 55.8 Å². The number of ether oxygens (including phenoxy) is 2. The van der Waals surface area contributed by atoms with Crippen molar-refractivity contribution < 1.29 is 19.1 Å². The van der Waals surface area contributed by atoms with E-state index in [0.29, 0.717) is 23.9 Å². The van der Waals surface area contributed by atoms with E-state index in [1.165, 1.54) is 0 Å². The highest BCUT2D eigenvalue weighted by Crippen LogP contribution is 2.27. The van der Waals surface area contributed by atoms with E-state index >= 15 is 0 Å². The minimum atomic E-state index is -0.278. The molecule has 22 heavy (non-hydrogen) atoms. The third-order valence-electron chi connectivity index (χ3n) is 3.35. The van der Waals surface area contributed by atoms with Crippen LogP contribution in [0, 0.1) is 0 Å². The van der Waals surface area contributed by atoms with Crippen LogP contribution in [-0.4, -0.2) is 42.6 Å². The number of nitrogens with zero attached hydrogens (tertiary/aromatic N) is 1. The standard InChI is InChI=1S/C16H20ClNO4/c1-2-21-16(20)9-10-18(13-5-6-13)15(19)11-22-14-7-3-12(17)4-8-14/h3-4,7-8,13H,2,5-6,9-11H2,1H3. The molecule has 0 aromatic heterocycles. The molecule has 1 fully saturated rings. The summed E-state index contributed by atoms with van der Waals surface area (Å²) in [5.74, 6) is 0.209. The molecule has 1 saturated carbocycles. The normalized spacial score (nSPS) is 13.5. The molecule has 0 unspecified atom stereocenters. The molecule has 1 aliphatic rings. The third kappa shape index (κ3) is 5.22. The van der Waals surface area contributed by atoms with Gasteiger partial charge >= 0.3 is 5.97 Å². The number of halogens is 1. The number of carbonyl (C=O) groups is 2. The molecule has 0 atom stereocenters. The first-order valence-corrected chi connectivity index (χ1v) is 7.81. The fourth-order valence-corrected chi connectivity index (χ4v) is 2.23. The van der Waals surface area contributed by atoms with Crippen molar-refractivity contribution in [2.75, 3.05) is 19.8 Å². The van der Waals surface area contributed by atoms with Gasteiger partial charge in [0.05, 0.1) is 13.0 Å². The molecule has 0 spiro atoms. The molecule has 1 amide bonds. The Bertz CT molecular complexity index is 513. The zero-order valence-corrected chi connectivity index (χ0v) is 13.3. The molecular formula is C16H20ClNO4. The number of benzene rings is 1. The quantitative estimate of drug-likeness (QED) is 0.689. The first kappa shape index (κ1) is 16.6. The van der Waals surface area contributed by atoms with Gasteiger partial charge in [-0.3, -0.25) is 9.59 Å². The summed E-state index contributed by atoms with van der Waals surface area (Å²) in [6.07, 6.45) is 2.18. The Morgan fingerprint density at radius 2 is 1.95 bits per heavy atom. The van der Waals surface area contributed by atoms with Crippen molar-refractivity contribution in [3.05, 3.63) is 29.3 Å². The van der Waals surface area contributed by atoms with Crippen LogP contribution < -0.4 is 4.74 Å². The molecular weight excluding hydrogens is 306 g/mol. The lowest BCUT2D eigenvalue weighted by molar-refractivity contribution is -0.144. The van der Waals surface area contributed by atoms with Gasteiger partial charge in [0.25, 0.3) is 5.91 Å². The Labute approximate surface area is 135 Å². The maximum absolute atomic E-state index is 12.3. The average Bonchev–Trinajstić information content (AvgIpc) is 3.32. The van der Waals surface area contributed by atoms with Gasteiger partial charge in [0, 0.05) is 17.6 Å². The fraction of sp³-hybridized carbons (Fsp3) is 0.500. The van der Waals surface area contributed by atoms with Crippen LogP contribution in [0.4, 0.5) is 0 Å². The van der Waals surface area contributed by atoms with Crippen LogP contribution in [0.1, 0.15) is 26.2 Å². The van der Waals surface area contributed by atoms with Crippen molar-refractivity contribution >= 4 is 23.5 Å². The van der Waals surface area contributed by atoms with Crippen LogP contribution in [0.5, 0.6) is 5.75 Å². The van der Waals surface area contributed by atoms with Crippen molar-refractivity contribution in [1.29, 1.82) is 0 Å². The summed E-state index contributed by atoms with van der Waals surface area (Å²) in [5.41, 5.74) is 0. The molecule has 1 aliphatic carbocycles. The SMILES string of the molecule is CCOC(=O)CCN(C(=O)COc1ccc(Cl)cc1)C1CC1. The number of hydrogen-bond acceptors (Lipinski definition) is 4. The molecule has 0 bridgehead atoms. The first-order chi connectivity index (χ1) is 10.6. The molecule has 0 heterocycles. The Balaban J connectivity index is 1.81. The molecule has 2 rings (SSSR count). The van der Waals surface area contributed by atoms with E-state index in [9.17, 15) is 9.59 Å². The third-order valence-corrected chi connectivity index (χ3v) is 3.60. The van der Waals surface area contributed by atoms with Crippen LogP contribution in [0.2, 0.25) is 5.02 Å². The van der Waals surface area contributed by atoms with Gasteiger partial charge in [0.1, 0.15) is 5.75 Å². The molecule has 1 aromatic carbocycles. The summed E-state index contributed by atoms with van der Waals surface area (Å²) in [7, 11) is 0. The van der Waals surface area contributed by atoms with Gasteiger partial charge in [-0.2, -0.15) is 0 Å². The van der Waals surface area contributed by atoms with Gasteiger partial charge in [-0.05, 0) is 44.0 Å². The highest BCUT2D eigenvalue weighted by atomic mass is 35.5. The van der Waals surface area contributed by atoms with Crippen molar-refractivity contribution in [3.8, 4) is 5.75 Å². The monoisotopic (exact) mass is 325 g/mol. The Morgan fingerprint density at radius 3 is 2.55 bits per heavy atom. The van der Waals surface area contributed by atoms with Crippen molar-refractivity contribution in [3.63, 3.8) is 0 Å². The van der Waals surface area contributed by atoms with E-state index in [0.717, 1.165) is 12.8 Å². The minimum Gasteiger partial charge on any atom is -0.484 e. The van der Waals surface area contributed by atoms with E-state index in [1.807, 2.05) is 0 Å². The molecule has 5 nitrogen and oxygen atoms in total. The van der Waals surface area contributed by atoms with Gasteiger partial charge < -0.3 is 14.4 Å². The maximum atomic E-state index is 12.3. The summed E-state index contributed by atoms with van der Waals surface area (Å²) >= 11 is 5.80. The Kier molecular flexibility index (Phi) is 6.07. The first-order valence-electron chi connectivity index (χ1n) is 7.43. The lowest BCUT2D eigenvalue weighted by Gasteiger charge is -2.22. The van der Waals surface area contributed by atoms with E-state index in [-0.39, 0.29) is 30.9 Å². The van der Waals surface area contributed by atoms with Gasteiger partial charge in [-0.15, -0.1) is 0 Å². The number of hydrogen-bond donors (Lipinski definition) is 0. The highest BCUT2D eigenvalue weighted by molar-refractivity contribution is 6.30. The molecule has 120 valence electrons. The summed E-state index contributed by atoms with van der Waals surface area (Å²) in [6, 6.07) is 7.09. The van der Waals surface area contributed by atoms with Gasteiger partial charge in [0.2, 0.25) is 0 Å². The van der Waals surface area contributed by atoms with Crippen LogP contribution in [0.3, 0.4) is 0 Å². The molecule has 0 aliphatic heterocycles. The maximum Gasteiger partial charge on any atom is 0.307 e. The summed E-state index contributed by atoms with van der Waals surface area (Å²) in [6.45, 7) is 2.46. The Hall–Kier alpha value is -1.75. The molecule has 6 heteroatoms. The lowest BCUT2D eigenvalue weighted by atomic mass is 10.3. The summed E-state index contributed by atoms with van der Waals surface area (Å²) in [4.78, 5) is 25.4. The summed E-state index contributed by atoms with van der Waals surface area (Å²) in [5, 5.41) is 0.618. The number of amides is 1. The van der Waals surface area contributed by atoms with Crippen LogP contribution in [0.25, 0.3) is 0 Å². The van der Waals surface area contributed by atoms with Crippen molar-refractivity contribution in [2.45, 2.75) is 32.2 Å². The predicted molar refractivity (Wildman–Crippen MR) is 82.9 cm³/mol. The molecule has 1 aromatic rings. The van der Waals surface area contributed by atoms with Crippen LogP contribution >= 0.6 is 11.6 Å². The second-order valence-corrected chi connectivity index (χ2v) is 5.55. The zero-order valence-electron chi connectivity index (χ0n) is 12.6. The zero-order chi connectivity index (χ0) is 15.9. The smallest absolute Gasteiger partial charge is 0.307 e. The predicted octanol–water partition coefficient (Wildman–Crippen LogP) is 2.66. The van der Waals surface area contributed by atoms with E-state index in [2.05, 4.69) is 0 Å². The average molecular weight is 326 g/mol. The second-order valence-electron chi connectivity index (χ2n) is 5.12. The Morgan fingerprint density at radius 1 is 1.27 bits per heavy atom. The van der Waals surface area contributed by atoms with Crippen molar-refractivity contribution in [2.24, 2.45) is 0 Å². The van der Waals surface area contributed by atoms with Gasteiger partial charge in [-0.25, -0.2) is 0 Å². The molecule has 0 saturated heterocycles. The van der Waals surface area contributed by atoms with Gasteiger partial charge in [-0.1, -0.05) is 11.6 Å². The highest BCUT2D eigenvalue weighted by Gasteiger charge is 2.32. The number of esters is 1. The summed E-state index contributed by atoms with van der Waals surface area (Å²) < 4.78 is 10.4. The lowest BCUT2D eigenvalue weighted by Crippen LogP contribution is -2.38. The largest absolute Gasteiger partial charge is 0.484 e. The molecule has 0 N–H and O–H groups in total. The fourth-order valence-electron chi connectivity index (χ4n) is 2.10. The second kappa shape index (κ2) is 8.03. The minimum absolute atomic E-state index is 0.0407. The van der Waals surface area contributed by atoms with Gasteiger partial charge in [0.15, 0.2) is 6.61 Å². The van der Waals surface area contributed by atoms with E-state index in [4.69, 9.17) is 21.1 Å².